The van der Waals surface area contributed by atoms with Crippen molar-refractivity contribution in [2.45, 2.75) is 24.4 Å². The van der Waals surface area contributed by atoms with Gasteiger partial charge in [-0.05, 0) is 36.8 Å². The first-order valence-electron chi connectivity index (χ1n) is 9.19. The number of piperazine rings is 1. The van der Waals surface area contributed by atoms with Crippen LogP contribution < -0.4 is 5.32 Å². The van der Waals surface area contributed by atoms with Gasteiger partial charge in [0.2, 0.25) is 15.9 Å². The van der Waals surface area contributed by atoms with Crippen LogP contribution in [0.15, 0.2) is 59.5 Å². The summed E-state index contributed by atoms with van der Waals surface area (Å²) >= 11 is 0. The van der Waals surface area contributed by atoms with Crippen LogP contribution in [-0.4, -0.2) is 55.8 Å². The lowest BCUT2D eigenvalue weighted by molar-refractivity contribution is -0.126. The number of amides is 1. The summed E-state index contributed by atoms with van der Waals surface area (Å²) < 4.78 is 39.8. The van der Waals surface area contributed by atoms with Crippen LogP contribution in [0, 0.1) is 5.82 Å². The summed E-state index contributed by atoms with van der Waals surface area (Å²) in [7, 11) is -3.65. The highest BCUT2D eigenvalue weighted by atomic mass is 32.2. The Morgan fingerprint density at radius 2 is 1.64 bits per heavy atom. The van der Waals surface area contributed by atoms with Crippen LogP contribution in [0.3, 0.4) is 0 Å². The van der Waals surface area contributed by atoms with Crippen LogP contribution in [-0.2, 0) is 21.4 Å². The van der Waals surface area contributed by atoms with Crippen molar-refractivity contribution in [3.05, 3.63) is 66.0 Å². The molecule has 28 heavy (non-hydrogen) atoms. The number of sulfonamides is 1. The molecule has 0 saturated carbocycles. The van der Waals surface area contributed by atoms with Gasteiger partial charge in [0.05, 0.1) is 10.9 Å². The molecule has 0 aromatic heterocycles. The second-order valence-electron chi connectivity index (χ2n) is 6.77. The van der Waals surface area contributed by atoms with Crippen LogP contribution in [0.1, 0.15) is 12.5 Å². The Morgan fingerprint density at radius 1 is 1.04 bits per heavy atom. The average Bonchev–Trinajstić information content (AvgIpc) is 2.72. The summed E-state index contributed by atoms with van der Waals surface area (Å²) in [6.07, 6.45) is 0. The van der Waals surface area contributed by atoms with Crippen molar-refractivity contribution in [1.29, 1.82) is 0 Å². The van der Waals surface area contributed by atoms with Crippen LogP contribution in [0.2, 0.25) is 0 Å². The first kappa shape index (κ1) is 20.4. The fourth-order valence-electron chi connectivity index (χ4n) is 3.19. The van der Waals surface area contributed by atoms with E-state index in [0.29, 0.717) is 19.6 Å². The third-order valence-corrected chi connectivity index (χ3v) is 6.87. The van der Waals surface area contributed by atoms with Gasteiger partial charge < -0.3 is 5.32 Å². The average molecular weight is 405 g/mol. The Bertz CT molecular complexity index is 896. The third-order valence-electron chi connectivity index (χ3n) is 4.96. The standard InChI is InChI=1S/C20H24FN3O3S/c1-16(20(25)22-15-17-5-3-2-4-6-17)23-11-13-24(14-12-23)28(26,27)19-9-7-18(21)8-10-19/h2-10,16H,11-15H2,1H3,(H,22,25). The van der Waals surface area contributed by atoms with Gasteiger partial charge in [-0.25, -0.2) is 12.8 Å². The number of nitrogens with one attached hydrogen (secondary N) is 1. The van der Waals surface area contributed by atoms with E-state index in [4.69, 9.17) is 0 Å². The van der Waals surface area contributed by atoms with E-state index in [1.165, 1.54) is 16.4 Å². The summed E-state index contributed by atoms with van der Waals surface area (Å²) in [6, 6.07) is 14.1. The van der Waals surface area contributed by atoms with E-state index in [1.54, 1.807) is 0 Å². The molecule has 1 aliphatic rings. The van der Waals surface area contributed by atoms with Gasteiger partial charge in [0.1, 0.15) is 5.82 Å². The predicted octanol–water partition coefficient (Wildman–Crippen LogP) is 1.84. The molecule has 1 heterocycles. The molecule has 6 nitrogen and oxygen atoms in total. The van der Waals surface area contributed by atoms with Crippen molar-refractivity contribution >= 4 is 15.9 Å². The van der Waals surface area contributed by atoms with E-state index in [2.05, 4.69) is 5.32 Å². The Kier molecular flexibility index (Phi) is 6.43. The zero-order valence-electron chi connectivity index (χ0n) is 15.7. The number of hydrogen-bond acceptors (Lipinski definition) is 4. The first-order chi connectivity index (χ1) is 13.4. The lowest BCUT2D eigenvalue weighted by atomic mass is 10.2. The number of halogens is 1. The van der Waals surface area contributed by atoms with E-state index >= 15 is 0 Å². The number of carbonyl (C=O) groups excluding carboxylic acids is 1. The second kappa shape index (κ2) is 8.81. The molecule has 1 aliphatic heterocycles. The Balaban J connectivity index is 1.54. The van der Waals surface area contributed by atoms with Gasteiger partial charge in [0.25, 0.3) is 0 Å². The smallest absolute Gasteiger partial charge is 0.243 e. The highest BCUT2D eigenvalue weighted by Gasteiger charge is 2.31. The fourth-order valence-corrected chi connectivity index (χ4v) is 4.61. The van der Waals surface area contributed by atoms with Gasteiger partial charge in [0.15, 0.2) is 0 Å². The molecule has 1 amide bonds. The van der Waals surface area contributed by atoms with Crippen LogP contribution in [0.5, 0.6) is 0 Å². The first-order valence-corrected chi connectivity index (χ1v) is 10.6. The van der Waals surface area contributed by atoms with E-state index in [9.17, 15) is 17.6 Å². The number of nitrogens with zero attached hydrogens (tertiary/aromatic N) is 2. The highest BCUT2D eigenvalue weighted by Crippen LogP contribution is 2.19. The number of rotatable bonds is 6. The fraction of sp³-hybridized carbons (Fsp3) is 0.350. The van der Waals surface area contributed by atoms with Crippen molar-refractivity contribution in [2.24, 2.45) is 0 Å². The summed E-state index contributed by atoms with van der Waals surface area (Å²) in [5.74, 6) is -0.558. The molecule has 1 atom stereocenters. The molecule has 1 saturated heterocycles. The lowest BCUT2D eigenvalue weighted by Crippen LogP contribution is -2.54. The van der Waals surface area contributed by atoms with Crippen LogP contribution in [0.25, 0.3) is 0 Å². The molecule has 2 aromatic carbocycles. The monoisotopic (exact) mass is 405 g/mol. The normalized spacial score (nSPS) is 17.2. The molecule has 0 radical (unpaired) electrons. The molecule has 1 N–H and O–H groups in total. The maximum Gasteiger partial charge on any atom is 0.243 e. The Hall–Kier alpha value is -2.29. The molecule has 3 rings (SSSR count). The lowest BCUT2D eigenvalue weighted by Gasteiger charge is -2.36. The molecule has 0 bridgehead atoms. The molecule has 0 spiro atoms. The van der Waals surface area contributed by atoms with Gasteiger partial charge in [-0.1, -0.05) is 30.3 Å². The van der Waals surface area contributed by atoms with E-state index in [1.807, 2.05) is 42.2 Å². The summed E-state index contributed by atoms with van der Waals surface area (Å²) in [5.41, 5.74) is 1.03. The molecular formula is C20H24FN3O3S. The zero-order chi connectivity index (χ0) is 20.1. The largest absolute Gasteiger partial charge is 0.351 e. The minimum atomic E-state index is -3.65. The van der Waals surface area contributed by atoms with Gasteiger partial charge in [0, 0.05) is 32.7 Å². The molecule has 150 valence electrons. The SMILES string of the molecule is CC(C(=O)NCc1ccccc1)N1CCN(S(=O)(=O)c2ccc(F)cc2)CC1. The van der Waals surface area contributed by atoms with Gasteiger partial charge in [-0.2, -0.15) is 4.31 Å². The van der Waals surface area contributed by atoms with Crippen LogP contribution in [0.4, 0.5) is 4.39 Å². The van der Waals surface area contributed by atoms with E-state index < -0.39 is 15.8 Å². The van der Waals surface area contributed by atoms with Crippen molar-refractivity contribution in [2.75, 3.05) is 26.2 Å². The predicted molar refractivity (Wildman–Crippen MR) is 104 cm³/mol. The maximum absolute atomic E-state index is 13.1. The minimum Gasteiger partial charge on any atom is -0.351 e. The zero-order valence-corrected chi connectivity index (χ0v) is 16.5. The molecule has 0 aliphatic carbocycles. The van der Waals surface area contributed by atoms with E-state index in [0.717, 1.165) is 17.7 Å². The summed E-state index contributed by atoms with van der Waals surface area (Å²) in [5, 5.41) is 2.92. The Labute approximate surface area is 165 Å². The van der Waals surface area contributed by atoms with Crippen LogP contribution >= 0.6 is 0 Å². The summed E-state index contributed by atoms with van der Waals surface area (Å²) in [6.45, 7) is 3.78. The highest BCUT2D eigenvalue weighted by molar-refractivity contribution is 7.89. The topological polar surface area (TPSA) is 69.7 Å². The van der Waals surface area contributed by atoms with Crippen molar-refractivity contribution in [3.8, 4) is 0 Å². The molecule has 8 heteroatoms. The minimum absolute atomic E-state index is 0.0796. The molecule has 1 unspecified atom stereocenters. The molecule has 2 aromatic rings. The molecule has 1 fully saturated rings. The second-order valence-corrected chi connectivity index (χ2v) is 8.71. The number of benzene rings is 2. The van der Waals surface area contributed by atoms with E-state index in [-0.39, 0.29) is 29.9 Å². The third kappa shape index (κ3) is 4.76. The van der Waals surface area contributed by atoms with Gasteiger partial charge in [-0.15, -0.1) is 0 Å². The molecular weight excluding hydrogens is 381 g/mol. The summed E-state index contributed by atoms with van der Waals surface area (Å²) in [4.78, 5) is 14.5. The van der Waals surface area contributed by atoms with Gasteiger partial charge in [-0.3, -0.25) is 9.69 Å². The maximum atomic E-state index is 13.1. The van der Waals surface area contributed by atoms with Crippen molar-refractivity contribution in [3.63, 3.8) is 0 Å². The van der Waals surface area contributed by atoms with Gasteiger partial charge >= 0.3 is 0 Å². The van der Waals surface area contributed by atoms with Crippen molar-refractivity contribution in [1.82, 2.24) is 14.5 Å². The number of carbonyl (C=O) groups is 1. The quantitative estimate of drug-likeness (QED) is 0.796. The number of hydrogen-bond donors (Lipinski definition) is 1. The Morgan fingerprint density at radius 3 is 2.25 bits per heavy atom. The van der Waals surface area contributed by atoms with Crippen molar-refractivity contribution < 1.29 is 17.6 Å².